The molecule has 0 spiro atoms. The van der Waals surface area contributed by atoms with Crippen LogP contribution in [0.1, 0.15) is 23.6 Å². The minimum atomic E-state index is -0.199. The predicted molar refractivity (Wildman–Crippen MR) is 148 cm³/mol. The third kappa shape index (κ3) is 6.61. The molecule has 0 aromatic heterocycles. The lowest BCUT2D eigenvalue weighted by Crippen LogP contribution is -2.19. The molecule has 0 aliphatic carbocycles. The van der Waals surface area contributed by atoms with Crippen LogP contribution >= 0.6 is 50.9 Å². The fourth-order valence-corrected chi connectivity index (χ4v) is 4.96. The highest BCUT2D eigenvalue weighted by molar-refractivity contribution is 9.10. The van der Waals surface area contributed by atoms with E-state index in [1.165, 1.54) is 11.8 Å². The van der Waals surface area contributed by atoms with Crippen LogP contribution < -0.4 is 14.8 Å². The maximum Gasteiger partial charge on any atom is 0.264 e. The SMILES string of the molecule is CCOc1cc(/C=C2/SC(=Nc3ccc(C)cc3)NC2=O)cc(Br)c1OCc1ccc(Cl)c(Cl)c1. The summed E-state index contributed by atoms with van der Waals surface area (Å²) >= 11 is 17.0. The Kier molecular flexibility index (Phi) is 8.44. The van der Waals surface area contributed by atoms with Gasteiger partial charge in [0.2, 0.25) is 0 Å². The minimum Gasteiger partial charge on any atom is -0.490 e. The first-order valence-electron chi connectivity index (χ1n) is 10.7. The average molecular weight is 592 g/mol. The molecule has 3 aromatic rings. The number of amidine groups is 1. The fraction of sp³-hybridized carbons (Fsp3) is 0.154. The average Bonchev–Trinajstić information content (AvgIpc) is 3.15. The Bertz CT molecular complexity index is 1330. The summed E-state index contributed by atoms with van der Waals surface area (Å²) in [4.78, 5) is 17.6. The topological polar surface area (TPSA) is 59.9 Å². The van der Waals surface area contributed by atoms with Crippen LogP contribution in [0.4, 0.5) is 5.69 Å². The number of nitrogens with one attached hydrogen (secondary N) is 1. The summed E-state index contributed by atoms with van der Waals surface area (Å²) < 4.78 is 12.6. The van der Waals surface area contributed by atoms with Gasteiger partial charge in [-0.15, -0.1) is 0 Å². The summed E-state index contributed by atoms with van der Waals surface area (Å²) in [7, 11) is 0. The number of hydrogen-bond acceptors (Lipinski definition) is 5. The van der Waals surface area contributed by atoms with Crippen molar-refractivity contribution in [2.24, 2.45) is 4.99 Å². The Hall–Kier alpha value is -2.45. The van der Waals surface area contributed by atoms with Crippen molar-refractivity contribution < 1.29 is 14.3 Å². The molecule has 1 aliphatic heterocycles. The van der Waals surface area contributed by atoms with Gasteiger partial charge in [-0.3, -0.25) is 4.79 Å². The van der Waals surface area contributed by atoms with E-state index in [9.17, 15) is 4.79 Å². The van der Waals surface area contributed by atoms with Crippen molar-refractivity contribution in [3.05, 3.63) is 90.7 Å². The van der Waals surface area contributed by atoms with E-state index >= 15 is 0 Å². The van der Waals surface area contributed by atoms with E-state index in [4.69, 9.17) is 32.7 Å². The second kappa shape index (κ2) is 11.5. The minimum absolute atomic E-state index is 0.199. The van der Waals surface area contributed by atoms with E-state index in [0.29, 0.717) is 42.7 Å². The van der Waals surface area contributed by atoms with Gasteiger partial charge in [0.25, 0.3) is 5.91 Å². The van der Waals surface area contributed by atoms with Crippen LogP contribution in [0.2, 0.25) is 10.0 Å². The number of rotatable bonds is 7. The molecular weight excluding hydrogens is 571 g/mol. The molecular formula is C26H21BrCl2N2O3S. The van der Waals surface area contributed by atoms with Gasteiger partial charge < -0.3 is 14.8 Å². The zero-order chi connectivity index (χ0) is 24.9. The highest BCUT2D eigenvalue weighted by atomic mass is 79.9. The second-order valence-electron chi connectivity index (χ2n) is 7.62. The Labute approximate surface area is 226 Å². The van der Waals surface area contributed by atoms with Crippen LogP contribution in [-0.4, -0.2) is 17.7 Å². The van der Waals surface area contributed by atoms with Gasteiger partial charge in [0.05, 0.1) is 31.7 Å². The maximum atomic E-state index is 12.5. The van der Waals surface area contributed by atoms with E-state index in [1.807, 2.05) is 56.3 Å². The zero-order valence-corrected chi connectivity index (χ0v) is 22.8. The van der Waals surface area contributed by atoms with Crippen molar-refractivity contribution >= 4 is 73.7 Å². The molecule has 1 saturated heterocycles. The van der Waals surface area contributed by atoms with Gasteiger partial charge in [-0.2, -0.15) is 0 Å². The van der Waals surface area contributed by atoms with Crippen LogP contribution in [-0.2, 0) is 11.4 Å². The number of aryl methyl sites for hydroxylation is 1. The molecule has 180 valence electrons. The molecule has 0 atom stereocenters. The highest BCUT2D eigenvalue weighted by Gasteiger charge is 2.24. The van der Waals surface area contributed by atoms with Crippen molar-refractivity contribution in [3.8, 4) is 11.5 Å². The number of ether oxygens (including phenoxy) is 2. The number of hydrogen-bond donors (Lipinski definition) is 1. The highest BCUT2D eigenvalue weighted by Crippen LogP contribution is 2.39. The molecule has 3 aromatic carbocycles. The molecule has 5 nitrogen and oxygen atoms in total. The molecule has 0 radical (unpaired) electrons. The Morgan fingerprint density at radius 1 is 1.06 bits per heavy atom. The van der Waals surface area contributed by atoms with Crippen LogP contribution in [0.5, 0.6) is 11.5 Å². The van der Waals surface area contributed by atoms with Crippen molar-refractivity contribution in [2.45, 2.75) is 20.5 Å². The third-order valence-electron chi connectivity index (χ3n) is 4.91. The van der Waals surface area contributed by atoms with Crippen molar-refractivity contribution in [3.63, 3.8) is 0 Å². The standard InChI is InChI=1S/C26H21BrCl2N2O3S/c1-3-33-22-12-17(10-19(27)24(22)34-14-16-6-9-20(28)21(29)11-16)13-23-25(32)31-26(35-23)30-18-7-4-15(2)5-8-18/h4-13H,3,14H2,1-2H3,(H,30,31,32)/b23-13+. The summed E-state index contributed by atoms with van der Waals surface area (Å²) in [6.07, 6.45) is 1.80. The van der Waals surface area contributed by atoms with E-state index in [-0.39, 0.29) is 12.5 Å². The molecule has 4 rings (SSSR count). The molecule has 1 heterocycles. The second-order valence-corrected chi connectivity index (χ2v) is 10.3. The normalized spacial score (nSPS) is 15.5. The first kappa shape index (κ1) is 25.6. The number of carbonyl (C=O) groups is 1. The molecule has 1 fully saturated rings. The predicted octanol–water partition coefficient (Wildman–Crippen LogP) is 7.93. The molecule has 1 aliphatic rings. The van der Waals surface area contributed by atoms with Gasteiger partial charge in [-0.25, -0.2) is 4.99 Å². The number of aliphatic imine (C=N–C) groups is 1. The third-order valence-corrected chi connectivity index (χ3v) is 7.15. The molecule has 0 saturated carbocycles. The zero-order valence-electron chi connectivity index (χ0n) is 18.9. The number of benzene rings is 3. The Morgan fingerprint density at radius 3 is 2.54 bits per heavy atom. The van der Waals surface area contributed by atoms with Gasteiger partial charge in [0, 0.05) is 0 Å². The van der Waals surface area contributed by atoms with Gasteiger partial charge in [-0.05, 0) is 95.1 Å². The smallest absolute Gasteiger partial charge is 0.264 e. The van der Waals surface area contributed by atoms with E-state index in [1.54, 1.807) is 18.2 Å². The number of amides is 1. The van der Waals surface area contributed by atoms with Gasteiger partial charge in [-0.1, -0.05) is 47.0 Å². The summed E-state index contributed by atoms with van der Waals surface area (Å²) in [5, 5.41) is 4.32. The van der Waals surface area contributed by atoms with Crippen molar-refractivity contribution in [1.82, 2.24) is 5.32 Å². The number of nitrogens with zero attached hydrogens (tertiary/aromatic N) is 1. The summed E-state index contributed by atoms with van der Waals surface area (Å²) in [5.41, 5.74) is 3.60. The lowest BCUT2D eigenvalue weighted by Gasteiger charge is -2.15. The van der Waals surface area contributed by atoms with Crippen LogP contribution in [0.25, 0.3) is 6.08 Å². The summed E-state index contributed by atoms with van der Waals surface area (Å²) in [6, 6.07) is 16.9. The van der Waals surface area contributed by atoms with Crippen molar-refractivity contribution in [1.29, 1.82) is 0 Å². The molecule has 0 bridgehead atoms. The molecule has 0 unspecified atom stereocenters. The molecule has 1 N–H and O–H groups in total. The lowest BCUT2D eigenvalue weighted by atomic mass is 10.1. The van der Waals surface area contributed by atoms with E-state index < -0.39 is 0 Å². The fourth-order valence-electron chi connectivity index (χ4n) is 3.23. The largest absolute Gasteiger partial charge is 0.490 e. The number of carbonyl (C=O) groups excluding carboxylic acids is 1. The Balaban J connectivity index is 1.55. The van der Waals surface area contributed by atoms with Gasteiger partial charge in [0.15, 0.2) is 16.7 Å². The summed E-state index contributed by atoms with van der Waals surface area (Å²) in [5.74, 6) is 0.922. The number of halogens is 3. The van der Waals surface area contributed by atoms with E-state index in [2.05, 4.69) is 26.2 Å². The van der Waals surface area contributed by atoms with E-state index in [0.717, 1.165) is 22.4 Å². The molecule has 1 amide bonds. The molecule has 35 heavy (non-hydrogen) atoms. The first-order chi connectivity index (χ1) is 16.8. The quantitative estimate of drug-likeness (QED) is 0.283. The van der Waals surface area contributed by atoms with Crippen molar-refractivity contribution in [2.75, 3.05) is 6.61 Å². The first-order valence-corrected chi connectivity index (χ1v) is 13.1. The van der Waals surface area contributed by atoms with Gasteiger partial charge >= 0.3 is 0 Å². The Morgan fingerprint density at radius 2 is 1.83 bits per heavy atom. The van der Waals surface area contributed by atoms with Crippen LogP contribution in [0.15, 0.2) is 69.0 Å². The monoisotopic (exact) mass is 590 g/mol. The van der Waals surface area contributed by atoms with Crippen LogP contribution in [0, 0.1) is 6.92 Å². The van der Waals surface area contributed by atoms with Crippen LogP contribution in [0.3, 0.4) is 0 Å². The lowest BCUT2D eigenvalue weighted by molar-refractivity contribution is -0.115. The van der Waals surface area contributed by atoms with Gasteiger partial charge in [0.1, 0.15) is 6.61 Å². The summed E-state index contributed by atoms with van der Waals surface area (Å²) in [6.45, 7) is 4.66. The molecule has 9 heteroatoms. The maximum absolute atomic E-state index is 12.5. The number of thioether (sulfide) groups is 1.